The third-order valence-corrected chi connectivity index (χ3v) is 3.58. The Kier molecular flexibility index (Phi) is 3.79. The first-order chi connectivity index (χ1) is 9.07. The zero-order chi connectivity index (χ0) is 13.9. The van der Waals surface area contributed by atoms with E-state index in [9.17, 15) is 0 Å². The molecule has 0 radical (unpaired) electrons. The van der Waals surface area contributed by atoms with E-state index in [4.69, 9.17) is 9.47 Å². The molecule has 0 aliphatic carbocycles. The molecule has 0 N–H and O–H groups in total. The van der Waals surface area contributed by atoms with Gasteiger partial charge in [0.15, 0.2) is 0 Å². The average molecular weight is 256 g/mol. The molecule has 0 saturated heterocycles. The van der Waals surface area contributed by atoms with Crippen molar-refractivity contribution < 1.29 is 9.47 Å². The van der Waals surface area contributed by atoms with Crippen LogP contribution in [-0.4, -0.2) is 14.2 Å². The first-order valence-corrected chi connectivity index (χ1v) is 6.37. The Morgan fingerprint density at radius 1 is 0.737 bits per heavy atom. The van der Waals surface area contributed by atoms with Crippen molar-refractivity contribution in [1.29, 1.82) is 0 Å². The van der Waals surface area contributed by atoms with Crippen LogP contribution in [0.3, 0.4) is 0 Å². The number of methoxy groups -OCH3 is 2. The second-order valence-corrected chi connectivity index (χ2v) is 5.09. The van der Waals surface area contributed by atoms with Crippen LogP contribution in [0.2, 0.25) is 0 Å². The third-order valence-electron chi connectivity index (χ3n) is 3.58. The van der Waals surface area contributed by atoms with Gasteiger partial charge in [-0.2, -0.15) is 0 Å². The van der Waals surface area contributed by atoms with Crippen LogP contribution in [0.1, 0.15) is 25.0 Å². The Morgan fingerprint density at radius 3 is 1.53 bits per heavy atom. The molecule has 0 aliphatic heterocycles. The van der Waals surface area contributed by atoms with Gasteiger partial charge in [0.2, 0.25) is 0 Å². The normalized spacial score (nSPS) is 11.2. The molecule has 2 aromatic carbocycles. The van der Waals surface area contributed by atoms with Gasteiger partial charge < -0.3 is 9.47 Å². The van der Waals surface area contributed by atoms with E-state index >= 15 is 0 Å². The SMILES string of the molecule is COc1cccc(C(C)(C)c2cccc(OC)c2)c1. The van der Waals surface area contributed by atoms with Crippen LogP contribution in [0.4, 0.5) is 0 Å². The fraction of sp³-hybridized carbons (Fsp3) is 0.294. The van der Waals surface area contributed by atoms with Crippen molar-refractivity contribution in [2.45, 2.75) is 19.3 Å². The molecule has 0 spiro atoms. The standard InChI is InChI=1S/C17H20O2/c1-17(2,13-7-5-9-15(11-13)18-3)14-8-6-10-16(12-14)19-4/h5-12H,1-4H3. The molecule has 0 bridgehead atoms. The summed E-state index contributed by atoms with van der Waals surface area (Å²) in [6, 6.07) is 16.4. The Labute approximate surface area is 115 Å². The van der Waals surface area contributed by atoms with Crippen molar-refractivity contribution in [3.63, 3.8) is 0 Å². The maximum Gasteiger partial charge on any atom is 0.119 e. The van der Waals surface area contributed by atoms with E-state index in [0.29, 0.717) is 0 Å². The van der Waals surface area contributed by atoms with Gasteiger partial charge in [-0.3, -0.25) is 0 Å². The molecule has 0 atom stereocenters. The number of ether oxygens (including phenoxy) is 2. The average Bonchev–Trinajstić information content (AvgIpc) is 2.47. The smallest absolute Gasteiger partial charge is 0.119 e. The molecule has 0 unspecified atom stereocenters. The highest BCUT2D eigenvalue weighted by Crippen LogP contribution is 2.34. The van der Waals surface area contributed by atoms with Gasteiger partial charge >= 0.3 is 0 Å². The number of hydrogen-bond donors (Lipinski definition) is 0. The molecule has 2 aromatic rings. The van der Waals surface area contributed by atoms with Gasteiger partial charge in [-0.05, 0) is 35.4 Å². The molecule has 2 nitrogen and oxygen atoms in total. The van der Waals surface area contributed by atoms with Crippen LogP contribution in [0.25, 0.3) is 0 Å². The van der Waals surface area contributed by atoms with Crippen molar-refractivity contribution >= 4 is 0 Å². The summed E-state index contributed by atoms with van der Waals surface area (Å²) in [6.07, 6.45) is 0. The van der Waals surface area contributed by atoms with E-state index in [2.05, 4.69) is 38.1 Å². The highest BCUT2D eigenvalue weighted by Gasteiger charge is 2.23. The highest BCUT2D eigenvalue weighted by atomic mass is 16.5. The van der Waals surface area contributed by atoms with E-state index in [1.54, 1.807) is 14.2 Å². The molecule has 2 heteroatoms. The molecule has 0 amide bonds. The summed E-state index contributed by atoms with van der Waals surface area (Å²) in [6.45, 7) is 4.41. The maximum absolute atomic E-state index is 5.31. The Balaban J connectivity index is 2.44. The Hall–Kier alpha value is -1.96. The van der Waals surface area contributed by atoms with Crippen LogP contribution in [0.5, 0.6) is 11.5 Å². The Morgan fingerprint density at radius 2 is 1.16 bits per heavy atom. The minimum absolute atomic E-state index is 0.0942. The highest BCUT2D eigenvalue weighted by molar-refractivity contribution is 5.43. The number of hydrogen-bond acceptors (Lipinski definition) is 2. The largest absolute Gasteiger partial charge is 0.497 e. The number of rotatable bonds is 4. The fourth-order valence-corrected chi connectivity index (χ4v) is 2.19. The van der Waals surface area contributed by atoms with Crippen molar-refractivity contribution in [3.05, 3.63) is 59.7 Å². The second kappa shape index (κ2) is 5.35. The summed E-state index contributed by atoms with van der Waals surface area (Å²) in [4.78, 5) is 0. The fourth-order valence-electron chi connectivity index (χ4n) is 2.19. The maximum atomic E-state index is 5.31. The topological polar surface area (TPSA) is 18.5 Å². The van der Waals surface area contributed by atoms with Crippen LogP contribution >= 0.6 is 0 Å². The van der Waals surface area contributed by atoms with Crippen LogP contribution in [0, 0.1) is 0 Å². The Bertz CT molecular complexity index is 509. The van der Waals surface area contributed by atoms with Crippen molar-refractivity contribution in [2.75, 3.05) is 14.2 Å². The van der Waals surface area contributed by atoms with E-state index < -0.39 is 0 Å². The van der Waals surface area contributed by atoms with E-state index in [0.717, 1.165) is 11.5 Å². The van der Waals surface area contributed by atoms with Gasteiger partial charge in [0.05, 0.1) is 14.2 Å². The van der Waals surface area contributed by atoms with Gasteiger partial charge in [0.25, 0.3) is 0 Å². The quantitative estimate of drug-likeness (QED) is 0.822. The third kappa shape index (κ3) is 2.73. The minimum atomic E-state index is -0.0942. The molecule has 2 rings (SSSR count). The van der Waals surface area contributed by atoms with Gasteiger partial charge in [0.1, 0.15) is 11.5 Å². The lowest BCUT2D eigenvalue weighted by Gasteiger charge is -2.26. The molecule has 100 valence electrons. The van der Waals surface area contributed by atoms with Crippen LogP contribution in [-0.2, 0) is 5.41 Å². The van der Waals surface area contributed by atoms with Crippen LogP contribution in [0.15, 0.2) is 48.5 Å². The summed E-state index contributed by atoms with van der Waals surface area (Å²) in [5, 5.41) is 0. The summed E-state index contributed by atoms with van der Waals surface area (Å²) < 4.78 is 10.6. The van der Waals surface area contributed by atoms with Crippen molar-refractivity contribution in [1.82, 2.24) is 0 Å². The van der Waals surface area contributed by atoms with Crippen molar-refractivity contribution in [3.8, 4) is 11.5 Å². The first-order valence-electron chi connectivity index (χ1n) is 6.37. The zero-order valence-electron chi connectivity index (χ0n) is 11.9. The van der Waals surface area contributed by atoms with Gasteiger partial charge in [-0.25, -0.2) is 0 Å². The predicted octanol–water partition coefficient (Wildman–Crippen LogP) is 4.03. The minimum Gasteiger partial charge on any atom is -0.497 e. The molecule has 0 fully saturated rings. The lowest BCUT2D eigenvalue weighted by atomic mass is 9.78. The molecule has 0 aromatic heterocycles. The summed E-state index contributed by atoms with van der Waals surface area (Å²) in [5.41, 5.74) is 2.35. The molecule has 0 heterocycles. The number of benzene rings is 2. The summed E-state index contributed by atoms with van der Waals surface area (Å²) >= 11 is 0. The summed E-state index contributed by atoms with van der Waals surface area (Å²) in [5.74, 6) is 1.77. The van der Waals surface area contributed by atoms with Gasteiger partial charge in [-0.1, -0.05) is 38.1 Å². The van der Waals surface area contributed by atoms with E-state index in [1.807, 2.05) is 24.3 Å². The molecular formula is C17H20O2. The zero-order valence-corrected chi connectivity index (χ0v) is 11.9. The lowest BCUT2D eigenvalue weighted by Crippen LogP contribution is -2.18. The molecule has 0 aliphatic rings. The van der Waals surface area contributed by atoms with E-state index in [-0.39, 0.29) is 5.41 Å². The first kappa shape index (κ1) is 13.5. The van der Waals surface area contributed by atoms with Gasteiger partial charge in [-0.15, -0.1) is 0 Å². The second-order valence-electron chi connectivity index (χ2n) is 5.09. The van der Waals surface area contributed by atoms with Gasteiger partial charge in [0, 0.05) is 5.41 Å². The molecular weight excluding hydrogens is 236 g/mol. The van der Waals surface area contributed by atoms with Crippen LogP contribution < -0.4 is 9.47 Å². The van der Waals surface area contributed by atoms with E-state index in [1.165, 1.54) is 11.1 Å². The van der Waals surface area contributed by atoms with Crippen molar-refractivity contribution in [2.24, 2.45) is 0 Å². The molecule has 19 heavy (non-hydrogen) atoms. The lowest BCUT2D eigenvalue weighted by molar-refractivity contribution is 0.411. The predicted molar refractivity (Wildman–Crippen MR) is 78.1 cm³/mol. The summed E-state index contributed by atoms with van der Waals surface area (Å²) in [7, 11) is 3.38. The monoisotopic (exact) mass is 256 g/mol. The molecule has 0 saturated carbocycles.